The first-order valence-corrected chi connectivity index (χ1v) is 6.11. The summed E-state index contributed by atoms with van der Waals surface area (Å²) in [6, 6.07) is 3.91. The summed E-state index contributed by atoms with van der Waals surface area (Å²) >= 11 is 3.50. The van der Waals surface area contributed by atoms with Crippen molar-refractivity contribution in [1.29, 1.82) is 0 Å². The fourth-order valence-corrected chi connectivity index (χ4v) is 2.12. The molecule has 86 valence electrons. The quantitative estimate of drug-likeness (QED) is 0.753. The molecular formula is C11H14BrN3O. The van der Waals surface area contributed by atoms with Crippen LogP contribution in [0.15, 0.2) is 21.4 Å². The highest BCUT2D eigenvalue weighted by atomic mass is 79.9. The van der Waals surface area contributed by atoms with Crippen molar-refractivity contribution in [2.24, 2.45) is 0 Å². The normalized spacial score (nSPS) is 11.1. The third-order valence-electron chi connectivity index (χ3n) is 2.43. The minimum absolute atomic E-state index is 0.166. The molecule has 4 nitrogen and oxygen atoms in total. The molecule has 0 spiro atoms. The lowest BCUT2D eigenvalue weighted by Crippen LogP contribution is -2.14. The van der Waals surface area contributed by atoms with Crippen LogP contribution in [0.2, 0.25) is 0 Å². The molecule has 0 aliphatic rings. The van der Waals surface area contributed by atoms with Crippen molar-refractivity contribution < 1.29 is 0 Å². The summed E-state index contributed by atoms with van der Waals surface area (Å²) in [6.07, 6.45) is 1.11. The average molecular weight is 284 g/mol. The molecule has 1 aromatic heterocycles. The van der Waals surface area contributed by atoms with Crippen molar-refractivity contribution in [3.8, 4) is 0 Å². The molecule has 0 saturated heterocycles. The molecule has 5 heteroatoms. The van der Waals surface area contributed by atoms with Crippen LogP contribution >= 0.6 is 15.9 Å². The van der Waals surface area contributed by atoms with E-state index in [9.17, 15) is 4.79 Å². The first kappa shape index (κ1) is 11.4. The van der Waals surface area contributed by atoms with Gasteiger partial charge in [0.2, 0.25) is 0 Å². The Bertz CT molecular complexity index is 544. The van der Waals surface area contributed by atoms with Gasteiger partial charge in [-0.05, 0) is 30.7 Å². The summed E-state index contributed by atoms with van der Waals surface area (Å²) in [5.74, 6) is 0. The van der Waals surface area contributed by atoms with E-state index in [4.69, 9.17) is 0 Å². The van der Waals surface area contributed by atoms with Gasteiger partial charge in [-0.15, -0.1) is 0 Å². The van der Waals surface area contributed by atoms with Crippen LogP contribution in [0, 0.1) is 0 Å². The summed E-state index contributed by atoms with van der Waals surface area (Å²) in [5, 5.41) is 3.33. The number of aromatic amines is 2. The molecule has 0 saturated carbocycles. The molecule has 2 aromatic rings. The van der Waals surface area contributed by atoms with Crippen LogP contribution in [0.5, 0.6) is 0 Å². The second kappa shape index (κ2) is 4.84. The van der Waals surface area contributed by atoms with E-state index in [1.807, 2.05) is 12.1 Å². The molecule has 0 amide bonds. The van der Waals surface area contributed by atoms with Crippen LogP contribution in [-0.2, 0) is 6.54 Å². The van der Waals surface area contributed by atoms with Gasteiger partial charge in [-0.25, -0.2) is 4.79 Å². The van der Waals surface area contributed by atoms with Gasteiger partial charge in [0.1, 0.15) is 0 Å². The number of H-pyrrole nitrogens is 2. The van der Waals surface area contributed by atoms with Crippen LogP contribution in [0.1, 0.15) is 18.9 Å². The Morgan fingerprint density at radius 3 is 2.69 bits per heavy atom. The van der Waals surface area contributed by atoms with Crippen molar-refractivity contribution in [2.45, 2.75) is 19.9 Å². The predicted molar refractivity (Wildman–Crippen MR) is 68.6 cm³/mol. The summed E-state index contributed by atoms with van der Waals surface area (Å²) < 4.78 is 1.01. The maximum absolute atomic E-state index is 11.1. The molecule has 0 aliphatic carbocycles. The molecule has 2 rings (SSSR count). The van der Waals surface area contributed by atoms with E-state index >= 15 is 0 Å². The van der Waals surface area contributed by atoms with Gasteiger partial charge in [-0.2, -0.15) is 0 Å². The Morgan fingerprint density at radius 2 is 2.00 bits per heavy atom. The predicted octanol–water partition coefficient (Wildman–Crippen LogP) is 2.12. The number of nitrogens with one attached hydrogen (secondary N) is 3. The van der Waals surface area contributed by atoms with Gasteiger partial charge >= 0.3 is 5.69 Å². The zero-order valence-electron chi connectivity index (χ0n) is 9.06. The lowest BCUT2D eigenvalue weighted by molar-refractivity contribution is 0.674. The first-order valence-electron chi connectivity index (χ1n) is 5.32. The Labute approximate surface area is 102 Å². The van der Waals surface area contributed by atoms with Crippen LogP contribution in [0.4, 0.5) is 0 Å². The Hall–Kier alpha value is -1.07. The molecule has 16 heavy (non-hydrogen) atoms. The lowest BCUT2D eigenvalue weighted by Gasteiger charge is -2.05. The number of imidazole rings is 1. The maximum atomic E-state index is 11.1. The zero-order valence-corrected chi connectivity index (χ0v) is 10.6. The SMILES string of the molecule is CCCNCc1cc2[nH]c(=O)[nH]c2cc1Br. The largest absolute Gasteiger partial charge is 0.323 e. The topological polar surface area (TPSA) is 60.7 Å². The number of halogens is 1. The molecule has 0 unspecified atom stereocenters. The fourth-order valence-electron chi connectivity index (χ4n) is 1.64. The molecule has 0 bridgehead atoms. The fraction of sp³-hybridized carbons (Fsp3) is 0.364. The van der Waals surface area contributed by atoms with E-state index in [-0.39, 0.29) is 5.69 Å². The smallest absolute Gasteiger partial charge is 0.313 e. The van der Waals surface area contributed by atoms with Crippen molar-refractivity contribution in [2.75, 3.05) is 6.54 Å². The van der Waals surface area contributed by atoms with Crippen LogP contribution in [-0.4, -0.2) is 16.5 Å². The third kappa shape index (κ3) is 2.36. The number of rotatable bonds is 4. The highest BCUT2D eigenvalue weighted by Gasteiger charge is 2.04. The van der Waals surface area contributed by atoms with Crippen LogP contribution < -0.4 is 11.0 Å². The summed E-state index contributed by atoms with van der Waals surface area (Å²) in [5.41, 5.74) is 2.66. The molecule has 0 atom stereocenters. The summed E-state index contributed by atoms with van der Waals surface area (Å²) in [4.78, 5) is 16.6. The highest BCUT2D eigenvalue weighted by molar-refractivity contribution is 9.10. The van der Waals surface area contributed by atoms with Gasteiger partial charge < -0.3 is 15.3 Å². The van der Waals surface area contributed by atoms with Crippen LogP contribution in [0.25, 0.3) is 11.0 Å². The number of fused-ring (bicyclic) bond motifs is 1. The minimum Gasteiger partial charge on any atom is -0.313 e. The molecule has 0 radical (unpaired) electrons. The molecule has 0 fully saturated rings. The van der Waals surface area contributed by atoms with E-state index in [2.05, 4.69) is 38.1 Å². The highest BCUT2D eigenvalue weighted by Crippen LogP contribution is 2.21. The zero-order chi connectivity index (χ0) is 11.5. The van der Waals surface area contributed by atoms with Gasteiger partial charge in [0, 0.05) is 11.0 Å². The molecule has 1 heterocycles. The molecular weight excluding hydrogens is 270 g/mol. The van der Waals surface area contributed by atoms with Gasteiger partial charge in [-0.3, -0.25) is 0 Å². The second-order valence-electron chi connectivity index (χ2n) is 3.75. The van der Waals surface area contributed by atoms with Gasteiger partial charge in [0.25, 0.3) is 0 Å². The van der Waals surface area contributed by atoms with E-state index in [0.717, 1.165) is 40.6 Å². The molecule has 3 N–H and O–H groups in total. The Morgan fingerprint density at radius 1 is 1.31 bits per heavy atom. The van der Waals surface area contributed by atoms with Crippen molar-refractivity contribution in [1.82, 2.24) is 15.3 Å². The minimum atomic E-state index is -0.166. The van der Waals surface area contributed by atoms with Crippen molar-refractivity contribution in [3.05, 3.63) is 32.7 Å². The number of hydrogen-bond donors (Lipinski definition) is 3. The number of benzene rings is 1. The monoisotopic (exact) mass is 283 g/mol. The van der Waals surface area contributed by atoms with E-state index in [1.165, 1.54) is 0 Å². The maximum Gasteiger partial charge on any atom is 0.323 e. The van der Waals surface area contributed by atoms with Crippen LogP contribution in [0.3, 0.4) is 0 Å². The second-order valence-corrected chi connectivity index (χ2v) is 4.60. The standard InChI is InChI=1S/C11H14BrN3O/c1-2-3-13-6-7-4-9-10(5-8(7)12)15-11(16)14-9/h4-5,13H,2-3,6H2,1H3,(H2,14,15,16). The van der Waals surface area contributed by atoms with Gasteiger partial charge in [-0.1, -0.05) is 22.9 Å². The van der Waals surface area contributed by atoms with Crippen molar-refractivity contribution >= 4 is 27.0 Å². The van der Waals surface area contributed by atoms with Gasteiger partial charge in [0.15, 0.2) is 0 Å². The lowest BCUT2D eigenvalue weighted by atomic mass is 10.2. The number of aromatic nitrogens is 2. The summed E-state index contributed by atoms with van der Waals surface area (Å²) in [7, 11) is 0. The first-order chi connectivity index (χ1) is 7.70. The van der Waals surface area contributed by atoms with E-state index in [1.54, 1.807) is 0 Å². The van der Waals surface area contributed by atoms with E-state index in [0.29, 0.717) is 0 Å². The van der Waals surface area contributed by atoms with Crippen molar-refractivity contribution in [3.63, 3.8) is 0 Å². The Balaban J connectivity index is 2.30. The third-order valence-corrected chi connectivity index (χ3v) is 3.16. The Kier molecular flexibility index (Phi) is 3.46. The summed E-state index contributed by atoms with van der Waals surface area (Å²) in [6.45, 7) is 3.93. The van der Waals surface area contributed by atoms with Gasteiger partial charge in [0.05, 0.1) is 11.0 Å². The molecule has 1 aromatic carbocycles. The average Bonchev–Trinajstić information content (AvgIpc) is 2.58. The number of hydrogen-bond acceptors (Lipinski definition) is 2. The van der Waals surface area contributed by atoms with E-state index < -0.39 is 0 Å². The molecule has 0 aliphatic heterocycles.